The van der Waals surface area contributed by atoms with Gasteiger partial charge in [0.1, 0.15) is 5.00 Å². The van der Waals surface area contributed by atoms with Crippen molar-refractivity contribution >= 4 is 22.6 Å². The summed E-state index contributed by atoms with van der Waals surface area (Å²) in [5, 5.41) is 11.4. The van der Waals surface area contributed by atoms with E-state index in [0.717, 1.165) is 23.7 Å². The number of aryl methyl sites for hydroxylation is 1. The summed E-state index contributed by atoms with van der Waals surface area (Å²) in [5.74, 6) is 0. The molecule has 3 heterocycles. The van der Waals surface area contributed by atoms with Gasteiger partial charge < -0.3 is 4.90 Å². The van der Waals surface area contributed by atoms with Crippen LogP contribution in [0.5, 0.6) is 0 Å². The van der Waals surface area contributed by atoms with Gasteiger partial charge in [-0.1, -0.05) is 5.21 Å². The number of nitrogens with zero attached hydrogens (tertiary/aromatic N) is 5. The second-order valence-electron chi connectivity index (χ2n) is 4.03. The zero-order valence-electron chi connectivity index (χ0n) is 9.61. The van der Waals surface area contributed by atoms with Crippen molar-refractivity contribution in [1.29, 1.82) is 0 Å². The van der Waals surface area contributed by atoms with Gasteiger partial charge in [0.15, 0.2) is 0 Å². The molecule has 0 aromatic carbocycles. The van der Waals surface area contributed by atoms with Crippen LogP contribution in [0.2, 0.25) is 0 Å². The van der Waals surface area contributed by atoms with Gasteiger partial charge in [-0.3, -0.25) is 5.32 Å². The van der Waals surface area contributed by atoms with Crippen molar-refractivity contribution in [3.63, 3.8) is 0 Å². The van der Waals surface area contributed by atoms with Gasteiger partial charge in [-0.15, -0.1) is 5.10 Å². The summed E-state index contributed by atoms with van der Waals surface area (Å²) in [4.78, 5) is 13.9. The molecular formula is C10H12N6OS. The fourth-order valence-electron chi connectivity index (χ4n) is 1.91. The first-order chi connectivity index (χ1) is 8.83. The quantitative estimate of drug-likeness (QED) is 0.839. The molecule has 2 aromatic heterocycles. The second kappa shape index (κ2) is 4.73. The first kappa shape index (κ1) is 11.1. The third-order valence-electron chi connectivity index (χ3n) is 2.80. The van der Waals surface area contributed by atoms with E-state index in [1.165, 1.54) is 11.5 Å². The van der Waals surface area contributed by atoms with E-state index >= 15 is 0 Å². The van der Waals surface area contributed by atoms with Crippen LogP contribution in [0.3, 0.4) is 0 Å². The lowest BCUT2D eigenvalue weighted by atomic mass is 10.4. The molecule has 0 unspecified atom stereocenters. The van der Waals surface area contributed by atoms with Gasteiger partial charge >= 0.3 is 6.03 Å². The summed E-state index contributed by atoms with van der Waals surface area (Å²) in [6, 6.07) is 1.68. The number of urea groups is 1. The van der Waals surface area contributed by atoms with Crippen molar-refractivity contribution in [2.75, 3.05) is 11.9 Å². The monoisotopic (exact) mass is 264 g/mol. The van der Waals surface area contributed by atoms with E-state index in [2.05, 4.69) is 20.0 Å². The van der Waals surface area contributed by atoms with E-state index in [4.69, 9.17) is 0 Å². The number of rotatable bonds is 1. The summed E-state index contributed by atoms with van der Waals surface area (Å²) in [6.45, 7) is 2.06. The molecule has 2 amide bonds. The number of carbonyl (C=O) groups excluding carboxylic acids is 1. The molecule has 1 N–H and O–H groups in total. The average Bonchev–Trinajstić information content (AvgIpc) is 2.97. The fourth-order valence-corrected chi connectivity index (χ4v) is 2.40. The number of amides is 2. The summed E-state index contributed by atoms with van der Waals surface area (Å²) < 4.78 is 5.80. The van der Waals surface area contributed by atoms with Crippen molar-refractivity contribution in [2.45, 2.75) is 19.5 Å². The molecule has 0 saturated heterocycles. The number of carbonyl (C=O) groups is 1. The number of fused-ring (bicyclic) bond motifs is 1. The van der Waals surface area contributed by atoms with Crippen LogP contribution < -0.4 is 5.32 Å². The molecule has 0 spiro atoms. The Labute approximate surface area is 108 Å². The zero-order valence-corrected chi connectivity index (χ0v) is 10.4. The van der Waals surface area contributed by atoms with Crippen molar-refractivity contribution in [2.24, 2.45) is 0 Å². The third kappa shape index (κ3) is 2.19. The Balaban J connectivity index is 1.71. The van der Waals surface area contributed by atoms with Crippen LogP contribution in [0.1, 0.15) is 12.1 Å². The van der Waals surface area contributed by atoms with Crippen LogP contribution in [0.25, 0.3) is 0 Å². The van der Waals surface area contributed by atoms with Crippen LogP contribution >= 0.6 is 11.5 Å². The average molecular weight is 264 g/mol. The molecule has 3 rings (SSSR count). The van der Waals surface area contributed by atoms with Gasteiger partial charge in [-0.2, -0.15) is 4.37 Å². The van der Waals surface area contributed by atoms with Crippen LogP contribution in [-0.2, 0) is 13.1 Å². The number of nitrogens with one attached hydrogen (secondary N) is 1. The van der Waals surface area contributed by atoms with E-state index in [-0.39, 0.29) is 6.03 Å². The van der Waals surface area contributed by atoms with Crippen molar-refractivity contribution in [3.05, 3.63) is 24.2 Å². The smallest absolute Gasteiger partial charge is 0.318 e. The number of anilines is 1. The molecule has 94 valence electrons. The third-order valence-corrected chi connectivity index (χ3v) is 3.47. The Morgan fingerprint density at radius 3 is 3.22 bits per heavy atom. The highest BCUT2D eigenvalue weighted by molar-refractivity contribution is 7.10. The molecule has 1 aliphatic rings. The van der Waals surface area contributed by atoms with E-state index in [0.29, 0.717) is 13.1 Å². The van der Waals surface area contributed by atoms with Crippen molar-refractivity contribution in [1.82, 2.24) is 24.3 Å². The van der Waals surface area contributed by atoms with E-state index in [1.54, 1.807) is 23.4 Å². The SMILES string of the molecule is O=C(Nc1ccns1)N1CCCn2nncc2C1. The Kier molecular flexibility index (Phi) is 2.93. The molecular weight excluding hydrogens is 252 g/mol. The van der Waals surface area contributed by atoms with Gasteiger partial charge in [-0.25, -0.2) is 9.48 Å². The Morgan fingerprint density at radius 2 is 2.39 bits per heavy atom. The fraction of sp³-hybridized carbons (Fsp3) is 0.400. The predicted octanol–water partition coefficient (Wildman–Crippen LogP) is 1.17. The molecule has 0 radical (unpaired) electrons. The molecule has 7 nitrogen and oxygen atoms in total. The van der Waals surface area contributed by atoms with Gasteiger partial charge in [0.05, 0.1) is 18.4 Å². The maximum absolute atomic E-state index is 12.1. The number of hydrogen-bond donors (Lipinski definition) is 1. The van der Waals surface area contributed by atoms with Crippen LogP contribution in [0.4, 0.5) is 9.80 Å². The van der Waals surface area contributed by atoms with Gasteiger partial charge in [0.25, 0.3) is 0 Å². The summed E-state index contributed by atoms with van der Waals surface area (Å²) in [5.41, 5.74) is 0.965. The van der Waals surface area contributed by atoms with Crippen molar-refractivity contribution in [3.8, 4) is 0 Å². The van der Waals surface area contributed by atoms with E-state index < -0.39 is 0 Å². The Morgan fingerprint density at radius 1 is 1.44 bits per heavy atom. The summed E-state index contributed by atoms with van der Waals surface area (Å²) in [6.07, 6.45) is 4.26. The summed E-state index contributed by atoms with van der Waals surface area (Å²) >= 11 is 1.27. The summed E-state index contributed by atoms with van der Waals surface area (Å²) in [7, 11) is 0. The van der Waals surface area contributed by atoms with Crippen LogP contribution in [0, 0.1) is 0 Å². The zero-order chi connectivity index (χ0) is 12.4. The lowest BCUT2D eigenvalue weighted by Crippen LogP contribution is -2.34. The maximum atomic E-state index is 12.1. The lowest BCUT2D eigenvalue weighted by Gasteiger charge is -2.19. The van der Waals surface area contributed by atoms with Crippen LogP contribution in [0.15, 0.2) is 18.5 Å². The normalized spacial score (nSPS) is 15.0. The molecule has 1 aliphatic heterocycles. The van der Waals surface area contributed by atoms with Crippen molar-refractivity contribution < 1.29 is 4.79 Å². The highest BCUT2D eigenvalue weighted by Gasteiger charge is 2.20. The number of aromatic nitrogens is 4. The molecule has 8 heteroatoms. The van der Waals surface area contributed by atoms with E-state index in [1.807, 2.05) is 4.68 Å². The molecule has 0 saturated carbocycles. The topological polar surface area (TPSA) is 75.9 Å². The largest absolute Gasteiger partial charge is 0.322 e. The van der Waals surface area contributed by atoms with Gasteiger partial charge in [0.2, 0.25) is 0 Å². The highest BCUT2D eigenvalue weighted by Crippen LogP contribution is 2.15. The molecule has 0 aliphatic carbocycles. The standard InChI is InChI=1S/C10H12N6OS/c17-10(13-9-2-3-12-18-9)15-4-1-5-16-8(7-15)6-11-14-16/h2-3,6H,1,4-5,7H2,(H,13,17). The molecule has 2 aromatic rings. The predicted molar refractivity (Wildman–Crippen MR) is 66.2 cm³/mol. The first-order valence-electron chi connectivity index (χ1n) is 5.67. The van der Waals surface area contributed by atoms with Gasteiger partial charge in [-0.05, 0) is 24.0 Å². The first-order valence-corrected chi connectivity index (χ1v) is 6.44. The second-order valence-corrected chi connectivity index (χ2v) is 4.86. The highest BCUT2D eigenvalue weighted by atomic mass is 32.1. The minimum Gasteiger partial charge on any atom is -0.318 e. The Bertz CT molecular complexity index is 536. The van der Waals surface area contributed by atoms with Crippen LogP contribution in [-0.4, -0.2) is 36.8 Å². The lowest BCUT2D eigenvalue weighted by molar-refractivity contribution is 0.210. The molecule has 0 atom stereocenters. The van der Waals surface area contributed by atoms with E-state index in [9.17, 15) is 4.79 Å². The van der Waals surface area contributed by atoms with Gasteiger partial charge in [0, 0.05) is 19.3 Å². The minimum absolute atomic E-state index is 0.103. The molecule has 18 heavy (non-hydrogen) atoms. The Hall–Kier alpha value is -1.96. The number of hydrogen-bond acceptors (Lipinski definition) is 5. The minimum atomic E-state index is -0.103. The molecule has 0 fully saturated rings. The maximum Gasteiger partial charge on any atom is 0.322 e. The molecule has 0 bridgehead atoms.